The van der Waals surface area contributed by atoms with Crippen LogP contribution in [0, 0.1) is 0 Å². The minimum Gasteiger partial charge on any atom is -0.306 e. The fraction of sp³-hybridized carbons (Fsp3) is 0.200. The number of rotatable bonds is 4. The second kappa shape index (κ2) is 6.50. The van der Waals surface area contributed by atoms with Crippen LogP contribution >= 0.6 is 31.9 Å². The van der Waals surface area contributed by atoms with Crippen molar-refractivity contribution >= 4 is 31.9 Å². The first-order valence-corrected chi connectivity index (χ1v) is 7.47. The van der Waals surface area contributed by atoms with Gasteiger partial charge in [-0.1, -0.05) is 62.2 Å². The second-order valence-electron chi connectivity index (χ2n) is 4.25. The summed E-state index contributed by atoms with van der Waals surface area (Å²) in [5.74, 6) is 0. The minimum absolute atomic E-state index is 0.338. The van der Waals surface area contributed by atoms with E-state index in [0.29, 0.717) is 6.04 Å². The van der Waals surface area contributed by atoms with E-state index in [2.05, 4.69) is 86.6 Å². The van der Waals surface area contributed by atoms with Gasteiger partial charge in [-0.25, -0.2) is 0 Å². The molecular formula is C15H15Br2N. The standard InChI is InChI=1S/C15H15Br2N/c1-11(12-6-8-14(16)9-7-12)18-10-13-4-2-3-5-15(13)17/h2-9,11,18H,10H2,1H3. The molecule has 2 aromatic rings. The Morgan fingerprint density at radius 2 is 1.67 bits per heavy atom. The summed E-state index contributed by atoms with van der Waals surface area (Å²) in [6.07, 6.45) is 0. The van der Waals surface area contributed by atoms with E-state index in [-0.39, 0.29) is 0 Å². The van der Waals surface area contributed by atoms with Gasteiger partial charge in [0.25, 0.3) is 0 Å². The Morgan fingerprint density at radius 3 is 2.33 bits per heavy atom. The molecule has 18 heavy (non-hydrogen) atoms. The molecule has 0 saturated carbocycles. The predicted molar refractivity (Wildman–Crippen MR) is 83.5 cm³/mol. The first-order valence-electron chi connectivity index (χ1n) is 5.89. The van der Waals surface area contributed by atoms with Gasteiger partial charge in [-0.05, 0) is 36.2 Å². The average Bonchev–Trinajstić information content (AvgIpc) is 2.38. The summed E-state index contributed by atoms with van der Waals surface area (Å²) < 4.78 is 2.27. The largest absolute Gasteiger partial charge is 0.306 e. The summed E-state index contributed by atoms with van der Waals surface area (Å²) in [5, 5.41) is 3.53. The van der Waals surface area contributed by atoms with Crippen LogP contribution in [0.1, 0.15) is 24.1 Å². The Labute approximate surface area is 125 Å². The molecule has 0 spiro atoms. The van der Waals surface area contributed by atoms with Gasteiger partial charge >= 0.3 is 0 Å². The first-order chi connectivity index (χ1) is 8.66. The van der Waals surface area contributed by atoms with Crippen molar-refractivity contribution in [1.29, 1.82) is 0 Å². The normalized spacial score (nSPS) is 12.4. The van der Waals surface area contributed by atoms with Crippen LogP contribution in [0.15, 0.2) is 57.5 Å². The van der Waals surface area contributed by atoms with E-state index in [1.165, 1.54) is 11.1 Å². The molecule has 2 aromatic carbocycles. The molecule has 1 atom stereocenters. The number of benzene rings is 2. The Bertz CT molecular complexity index is 508. The molecule has 0 aliphatic heterocycles. The molecule has 0 fully saturated rings. The lowest BCUT2D eigenvalue weighted by Gasteiger charge is -2.15. The molecule has 0 heterocycles. The Kier molecular flexibility index (Phi) is 4.98. The summed E-state index contributed by atoms with van der Waals surface area (Å²) in [5.41, 5.74) is 2.58. The Morgan fingerprint density at radius 1 is 1.00 bits per heavy atom. The predicted octanol–water partition coefficient (Wildman–Crippen LogP) is 5.06. The van der Waals surface area contributed by atoms with Gasteiger partial charge in [0.2, 0.25) is 0 Å². The first kappa shape index (κ1) is 13.8. The molecule has 0 aromatic heterocycles. The maximum atomic E-state index is 3.57. The van der Waals surface area contributed by atoms with Gasteiger partial charge in [0, 0.05) is 21.5 Å². The Hall–Kier alpha value is -0.640. The SMILES string of the molecule is CC(NCc1ccccc1Br)c1ccc(Br)cc1. The highest BCUT2D eigenvalue weighted by molar-refractivity contribution is 9.10. The van der Waals surface area contributed by atoms with Crippen LogP contribution in [0.25, 0.3) is 0 Å². The van der Waals surface area contributed by atoms with Crippen molar-refractivity contribution in [3.8, 4) is 0 Å². The highest BCUT2D eigenvalue weighted by Crippen LogP contribution is 2.19. The summed E-state index contributed by atoms with van der Waals surface area (Å²) in [6, 6.07) is 17.1. The van der Waals surface area contributed by atoms with Crippen LogP contribution in [-0.4, -0.2) is 0 Å². The van der Waals surface area contributed by atoms with Crippen molar-refractivity contribution < 1.29 is 0 Å². The monoisotopic (exact) mass is 367 g/mol. The zero-order valence-corrected chi connectivity index (χ0v) is 13.3. The Balaban J connectivity index is 1.98. The maximum absolute atomic E-state index is 3.57. The van der Waals surface area contributed by atoms with Crippen LogP contribution in [0.5, 0.6) is 0 Å². The van der Waals surface area contributed by atoms with E-state index in [0.717, 1.165) is 15.5 Å². The van der Waals surface area contributed by atoms with Crippen molar-refractivity contribution in [2.45, 2.75) is 19.5 Å². The van der Waals surface area contributed by atoms with Crippen LogP contribution < -0.4 is 5.32 Å². The molecule has 0 saturated heterocycles. The highest BCUT2D eigenvalue weighted by Gasteiger charge is 2.05. The lowest BCUT2D eigenvalue weighted by molar-refractivity contribution is 0.573. The minimum atomic E-state index is 0.338. The quantitative estimate of drug-likeness (QED) is 0.794. The van der Waals surface area contributed by atoms with Gasteiger partial charge in [-0.3, -0.25) is 0 Å². The highest BCUT2D eigenvalue weighted by atomic mass is 79.9. The van der Waals surface area contributed by atoms with E-state index >= 15 is 0 Å². The fourth-order valence-corrected chi connectivity index (χ4v) is 2.46. The van der Waals surface area contributed by atoms with Gasteiger partial charge < -0.3 is 5.32 Å². The summed E-state index contributed by atoms with van der Waals surface area (Å²) in [4.78, 5) is 0. The zero-order chi connectivity index (χ0) is 13.0. The van der Waals surface area contributed by atoms with E-state index in [1.807, 2.05) is 6.07 Å². The van der Waals surface area contributed by atoms with Crippen molar-refractivity contribution in [2.75, 3.05) is 0 Å². The second-order valence-corrected chi connectivity index (χ2v) is 6.02. The van der Waals surface area contributed by atoms with Gasteiger partial charge in [-0.15, -0.1) is 0 Å². The zero-order valence-electron chi connectivity index (χ0n) is 10.2. The summed E-state index contributed by atoms with van der Waals surface area (Å²) in [7, 11) is 0. The maximum Gasteiger partial charge on any atom is 0.0294 e. The van der Waals surface area contributed by atoms with E-state index in [9.17, 15) is 0 Å². The third kappa shape index (κ3) is 3.67. The molecule has 0 radical (unpaired) electrons. The lowest BCUT2D eigenvalue weighted by Crippen LogP contribution is -2.18. The summed E-state index contributed by atoms with van der Waals surface area (Å²) in [6.45, 7) is 3.04. The molecule has 0 amide bonds. The molecule has 94 valence electrons. The molecule has 1 unspecified atom stereocenters. The van der Waals surface area contributed by atoms with E-state index < -0.39 is 0 Å². The lowest BCUT2D eigenvalue weighted by atomic mass is 10.1. The van der Waals surface area contributed by atoms with Crippen LogP contribution in [0.4, 0.5) is 0 Å². The third-order valence-corrected chi connectivity index (χ3v) is 4.23. The number of hydrogen-bond donors (Lipinski definition) is 1. The molecular weight excluding hydrogens is 354 g/mol. The van der Waals surface area contributed by atoms with E-state index in [1.54, 1.807) is 0 Å². The summed E-state index contributed by atoms with van der Waals surface area (Å²) >= 11 is 7.02. The van der Waals surface area contributed by atoms with Crippen LogP contribution in [0.2, 0.25) is 0 Å². The van der Waals surface area contributed by atoms with Gasteiger partial charge in [0.05, 0.1) is 0 Å². The number of halogens is 2. The molecule has 0 bridgehead atoms. The molecule has 2 rings (SSSR count). The van der Waals surface area contributed by atoms with Crippen LogP contribution in [0.3, 0.4) is 0 Å². The third-order valence-electron chi connectivity index (χ3n) is 2.93. The molecule has 0 aliphatic rings. The number of nitrogens with one attached hydrogen (secondary N) is 1. The molecule has 0 aliphatic carbocycles. The smallest absolute Gasteiger partial charge is 0.0294 e. The molecule has 3 heteroatoms. The van der Waals surface area contributed by atoms with Crippen molar-refractivity contribution in [3.63, 3.8) is 0 Å². The van der Waals surface area contributed by atoms with Gasteiger partial charge in [-0.2, -0.15) is 0 Å². The van der Waals surface area contributed by atoms with Crippen LogP contribution in [-0.2, 0) is 6.54 Å². The van der Waals surface area contributed by atoms with Gasteiger partial charge in [0.15, 0.2) is 0 Å². The van der Waals surface area contributed by atoms with Gasteiger partial charge in [0.1, 0.15) is 0 Å². The topological polar surface area (TPSA) is 12.0 Å². The van der Waals surface area contributed by atoms with Crippen molar-refractivity contribution in [1.82, 2.24) is 5.32 Å². The van der Waals surface area contributed by atoms with E-state index in [4.69, 9.17) is 0 Å². The van der Waals surface area contributed by atoms with Crippen molar-refractivity contribution in [3.05, 3.63) is 68.6 Å². The van der Waals surface area contributed by atoms with Crippen molar-refractivity contribution in [2.24, 2.45) is 0 Å². The number of hydrogen-bond acceptors (Lipinski definition) is 1. The molecule has 1 N–H and O–H groups in total. The molecule has 1 nitrogen and oxygen atoms in total. The average molecular weight is 369 g/mol. The fourth-order valence-electron chi connectivity index (χ4n) is 1.77.